The molecule has 0 saturated carbocycles. The van der Waals surface area contributed by atoms with Crippen molar-refractivity contribution in [2.75, 3.05) is 0 Å². The van der Waals surface area contributed by atoms with Gasteiger partial charge < -0.3 is 0 Å². The lowest BCUT2D eigenvalue weighted by Gasteiger charge is -2.24. The Bertz CT molecular complexity index is 375. The topological polar surface area (TPSA) is 0 Å². The van der Waals surface area contributed by atoms with E-state index in [1.807, 2.05) is 0 Å². The molecule has 1 unspecified atom stereocenters. The minimum absolute atomic E-state index is 0.853. The second-order valence-electron chi connectivity index (χ2n) is 7.55. The molecule has 0 bridgehead atoms. The molecule has 0 saturated heterocycles. The van der Waals surface area contributed by atoms with Crippen molar-refractivity contribution in [1.29, 1.82) is 0 Å². The lowest BCUT2D eigenvalue weighted by atomic mass is 9.82. The van der Waals surface area contributed by atoms with Crippen LogP contribution in [0.25, 0.3) is 0 Å². The first-order chi connectivity index (χ1) is 9.97. The van der Waals surface area contributed by atoms with Crippen LogP contribution in [0.15, 0.2) is 34.9 Å². The molecule has 0 heteroatoms. The Morgan fingerprint density at radius 2 is 1.95 bits per heavy atom. The van der Waals surface area contributed by atoms with E-state index >= 15 is 0 Å². The van der Waals surface area contributed by atoms with E-state index in [2.05, 4.69) is 52.8 Å². The molecule has 0 heterocycles. The Labute approximate surface area is 133 Å². The zero-order valence-electron chi connectivity index (χ0n) is 15.0. The molecule has 0 N–H and O–H groups in total. The highest BCUT2D eigenvalue weighted by Gasteiger charge is 2.16. The van der Waals surface area contributed by atoms with Gasteiger partial charge in [-0.05, 0) is 84.0 Å². The summed E-state index contributed by atoms with van der Waals surface area (Å²) in [5.74, 6) is 1.80. The predicted molar refractivity (Wildman–Crippen MR) is 96.5 cm³/mol. The van der Waals surface area contributed by atoms with Crippen molar-refractivity contribution >= 4 is 0 Å². The van der Waals surface area contributed by atoms with Crippen LogP contribution in [0.5, 0.6) is 0 Å². The van der Waals surface area contributed by atoms with E-state index in [0.717, 1.165) is 11.8 Å². The van der Waals surface area contributed by atoms with Crippen LogP contribution in [-0.2, 0) is 0 Å². The summed E-state index contributed by atoms with van der Waals surface area (Å²) < 4.78 is 0. The zero-order valence-corrected chi connectivity index (χ0v) is 15.0. The van der Waals surface area contributed by atoms with Gasteiger partial charge in [0, 0.05) is 0 Å². The van der Waals surface area contributed by atoms with Crippen LogP contribution in [-0.4, -0.2) is 0 Å². The van der Waals surface area contributed by atoms with Crippen molar-refractivity contribution in [1.82, 2.24) is 0 Å². The molecule has 1 aliphatic rings. The average molecular weight is 289 g/mol. The molecule has 0 aromatic rings. The standard InChI is InChI=1S/C21H36/c1-17(2)9-6-10-19(5)11-7-12-20-13-8-14-21(16-20)15-18(3)4/h9,11,13,18,21H,6-8,10,12,14-16H2,1-5H3/b19-11+. The summed E-state index contributed by atoms with van der Waals surface area (Å²) in [6, 6.07) is 0. The normalized spacial score (nSPS) is 19.6. The van der Waals surface area contributed by atoms with Crippen LogP contribution in [0.2, 0.25) is 0 Å². The van der Waals surface area contributed by atoms with Gasteiger partial charge in [-0.15, -0.1) is 0 Å². The molecule has 1 aliphatic carbocycles. The van der Waals surface area contributed by atoms with E-state index in [4.69, 9.17) is 0 Å². The third-order valence-electron chi connectivity index (χ3n) is 4.41. The van der Waals surface area contributed by atoms with Gasteiger partial charge in [0.2, 0.25) is 0 Å². The second kappa shape index (κ2) is 10.0. The highest BCUT2D eigenvalue weighted by molar-refractivity contribution is 5.09. The quantitative estimate of drug-likeness (QED) is 0.413. The Hall–Kier alpha value is -0.780. The van der Waals surface area contributed by atoms with Crippen LogP contribution in [0.1, 0.15) is 86.0 Å². The second-order valence-corrected chi connectivity index (χ2v) is 7.55. The molecule has 21 heavy (non-hydrogen) atoms. The summed E-state index contributed by atoms with van der Waals surface area (Å²) in [4.78, 5) is 0. The molecule has 1 rings (SSSR count). The molecular weight excluding hydrogens is 252 g/mol. The summed E-state index contributed by atoms with van der Waals surface area (Å²) in [6.45, 7) is 11.4. The monoisotopic (exact) mass is 288 g/mol. The first-order valence-corrected chi connectivity index (χ1v) is 8.94. The van der Waals surface area contributed by atoms with E-state index in [1.54, 1.807) is 11.1 Å². The molecule has 0 radical (unpaired) electrons. The van der Waals surface area contributed by atoms with Crippen molar-refractivity contribution in [3.05, 3.63) is 34.9 Å². The number of hydrogen-bond acceptors (Lipinski definition) is 0. The van der Waals surface area contributed by atoms with Gasteiger partial charge in [0.15, 0.2) is 0 Å². The molecular formula is C21H36. The number of allylic oxidation sites excluding steroid dienone is 6. The largest absolute Gasteiger partial charge is 0.0856 e. The van der Waals surface area contributed by atoms with Crippen LogP contribution in [0.3, 0.4) is 0 Å². The van der Waals surface area contributed by atoms with Gasteiger partial charge in [-0.25, -0.2) is 0 Å². The molecule has 120 valence electrons. The van der Waals surface area contributed by atoms with Crippen LogP contribution >= 0.6 is 0 Å². The van der Waals surface area contributed by atoms with E-state index in [-0.39, 0.29) is 0 Å². The zero-order chi connectivity index (χ0) is 15.7. The maximum absolute atomic E-state index is 2.52. The van der Waals surface area contributed by atoms with E-state index < -0.39 is 0 Å². The van der Waals surface area contributed by atoms with Crippen LogP contribution < -0.4 is 0 Å². The summed E-state index contributed by atoms with van der Waals surface area (Å²) in [5, 5.41) is 0. The predicted octanol–water partition coefficient (Wildman–Crippen LogP) is 7.23. The van der Waals surface area contributed by atoms with Gasteiger partial charge in [0.1, 0.15) is 0 Å². The first kappa shape index (κ1) is 18.3. The maximum atomic E-state index is 2.52. The molecule has 0 spiro atoms. The Morgan fingerprint density at radius 1 is 1.19 bits per heavy atom. The molecule has 0 amide bonds. The summed E-state index contributed by atoms with van der Waals surface area (Å²) in [7, 11) is 0. The fourth-order valence-corrected chi connectivity index (χ4v) is 3.35. The summed E-state index contributed by atoms with van der Waals surface area (Å²) in [5.41, 5.74) is 4.72. The van der Waals surface area contributed by atoms with E-state index in [9.17, 15) is 0 Å². The minimum atomic E-state index is 0.853. The van der Waals surface area contributed by atoms with Gasteiger partial charge in [-0.2, -0.15) is 0 Å². The summed E-state index contributed by atoms with van der Waals surface area (Å²) >= 11 is 0. The lowest BCUT2D eigenvalue weighted by molar-refractivity contribution is 0.370. The van der Waals surface area contributed by atoms with Gasteiger partial charge in [-0.3, -0.25) is 0 Å². The van der Waals surface area contributed by atoms with Crippen molar-refractivity contribution in [2.45, 2.75) is 86.0 Å². The maximum Gasteiger partial charge on any atom is -0.0285 e. The van der Waals surface area contributed by atoms with Gasteiger partial charge in [0.25, 0.3) is 0 Å². The average Bonchev–Trinajstić information content (AvgIpc) is 2.38. The molecule has 0 nitrogen and oxygen atoms in total. The van der Waals surface area contributed by atoms with E-state index in [0.29, 0.717) is 0 Å². The Kier molecular flexibility index (Phi) is 8.73. The van der Waals surface area contributed by atoms with Crippen molar-refractivity contribution in [3.63, 3.8) is 0 Å². The fraction of sp³-hybridized carbons (Fsp3) is 0.714. The molecule has 1 atom stereocenters. The molecule has 0 aromatic carbocycles. The van der Waals surface area contributed by atoms with Crippen LogP contribution in [0, 0.1) is 11.8 Å². The number of hydrogen-bond donors (Lipinski definition) is 0. The smallest absolute Gasteiger partial charge is 0.0285 e. The third-order valence-corrected chi connectivity index (χ3v) is 4.41. The highest BCUT2D eigenvalue weighted by Crippen LogP contribution is 2.31. The molecule has 0 fully saturated rings. The Balaban J connectivity index is 2.28. The van der Waals surface area contributed by atoms with Gasteiger partial charge in [0.05, 0.1) is 0 Å². The minimum Gasteiger partial charge on any atom is -0.0856 e. The molecule has 0 aliphatic heterocycles. The highest BCUT2D eigenvalue weighted by atomic mass is 14.2. The van der Waals surface area contributed by atoms with E-state index in [1.165, 1.54) is 56.9 Å². The van der Waals surface area contributed by atoms with Crippen molar-refractivity contribution in [2.24, 2.45) is 11.8 Å². The molecule has 0 aromatic heterocycles. The van der Waals surface area contributed by atoms with Crippen LogP contribution in [0.4, 0.5) is 0 Å². The van der Waals surface area contributed by atoms with Crippen molar-refractivity contribution < 1.29 is 0 Å². The fourth-order valence-electron chi connectivity index (χ4n) is 3.35. The number of rotatable bonds is 8. The summed E-state index contributed by atoms with van der Waals surface area (Å²) in [6.07, 6.45) is 17.8. The SMILES string of the molecule is CC(C)=CCC/C(C)=C/CCC1=CCCC(CC(C)C)C1. The Morgan fingerprint density at radius 3 is 2.62 bits per heavy atom. The van der Waals surface area contributed by atoms with Gasteiger partial charge in [-0.1, -0.05) is 48.8 Å². The lowest BCUT2D eigenvalue weighted by Crippen LogP contribution is -2.09. The first-order valence-electron chi connectivity index (χ1n) is 8.94. The van der Waals surface area contributed by atoms with Gasteiger partial charge >= 0.3 is 0 Å². The van der Waals surface area contributed by atoms with Crippen molar-refractivity contribution in [3.8, 4) is 0 Å². The third kappa shape index (κ3) is 8.96.